The van der Waals surface area contributed by atoms with Crippen LogP contribution in [-0.2, 0) is 4.74 Å². The highest BCUT2D eigenvalue weighted by Crippen LogP contribution is 2.19. The van der Waals surface area contributed by atoms with Gasteiger partial charge in [0.2, 0.25) is 0 Å². The lowest BCUT2D eigenvalue weighted by Crippen LogP contribution is -2.14. The molecule has 1 fully saturated rings. The third-order valence-electron chi connectivity index (χ3n) is 3.93. The highest BCUT2D eigenvalue weighted by molar-refractivity contribution is 6.17. The minimum Gasteiger partial charge on any atom is -0.378 e. The molecule has 1 nitrogen and oxygen atoms in total. The Morgan fingerprint density at radius 2 is 1.22 bits per heavy atom. The first-order chi connectivity index (χ1) is 8.93. The largest absolute Gasteiger partial charge is 0.378 e. The topological polar surface area (TPSA) is 9.23 Å². The third-order valence-corrected chi connectivity index (χ3v) is 4.20. The van der Waals surface area contributed by atoms with Crippen molar-refractivity contribution in [2.45, 2.75) is 89.6 Å². The zero-order valence-electron chi connectivity index (χ0n) is 12.0. The standard InChI is InChI=1S/C16H31ClO/c17-14-10-11-15-18-16-12-8-6-4-2-1-3-5-7-9-13-16/h16H,1-15H2. The highest BCUT2D eigenvalue weighted by Gasteiger charge is 2.09. The van der Waals surface area contributed by atoms with E-state index in [2.05, 4.69) is 0 Å². The molecule has 0 N–H and O–H groups in total. The molecule has 1 aliphatic carbocycles. The Bertz CT molecular complexity index is 158. The van der Waals surface area contributed by atoms with Gasteiger partial charge in [-0.15, -0.1) is 11.6 Å². The molecule has 18 heavy (non-hydrogen) atoms. The average molecular weight is 275 g/mol. The van der Waals surface area contributed by atoms with Crippen LogP contribution in [0.25, 0.3) is 0 Å². The van der Waals surface area contributed by atoms with Gasteiger partial charge in [-0.2, -0.15) is 0 Å². The Morgan fingerprint density at radius 1 is 0.722 bits per heavy atom. The fraction of sp³-hybridized carbons (Fsp3) is 1.00. The van der Waals surface area contributed by atoms with Crippen LogP contribution in [0.4, 0.5) is 0 Å². The number of hydrogen-bond acceptors (Lipinski definition) is 1. The fourth-order valence-corrected chi connectivity index (χ4v) is 2.93. The van der Waals surface area contributed by atoms with Crippen molar-refractivity contribution in [1.82, 2.24) is 0 Å². The average Bonchev–Trinajstić information content (AvgIpc) is 2.37. The minimum atomic E-state index is 0.528. The Balaban J connectivity index is 2.14. The normalized spacial score (nSPS) is 21.2. The summed E-state index contributed by atoms with van der Waals surface area (Å²) in [5.74, 6) is 0.772. The van der Waals surface area contributed by atoms with E-state index in [0.717, 1.165) is 25.3 Å². The number of unbranched alkanes of at least 4 members (excludes halogenated alkanes) is 1. The van der Waals surface area contributed by atoms with E-state index in [0.29, 0.717) is 6.10 Å². The van der Waals surface area contributed by atoms with Gasteiger partial charge in [-0.25, -0.2) is 0 Å². The zero-order valence-corrected chi connectivity index (χ0v) is 12.7. The molecular formula is C16H31ClO. The first kappa shape index (κ1) is 16.3. The lowest BCUT2D eigenvalue weighted by atomic mass is 9.99. The second-order valence-electron chi connectivity index (χ2n) is 5.65. The van der Waals surface area contributed by atoms with E-state index in [1.165, 1.54) is 70.6 Å². The van der Waals surface area contributed by atoms with Crippen LogP contribution in [0.3, 0.4) is 0 Å². The quantitative estimate of drug-likeness (QED) is 0.462. The number of hydrogen-bond donors (Lipinski definition) is 0. The van der Waals surface area contributed by atoms with Gasteiger partial charge < -0.3 is 4.74 Å². The summed E-state index contributed by atoms with van der Waals surface area (Å²) in [5.41, 5.74) is 0. The van der Waals surface area contributed by atoms with Crippen LogP contribution in [0.2, 0.25) is 0 Å². The monoisotopic (exact) mass is 274 g/mol. The van der Waals surface area contributed by atoms with Crippen LogP contribution in [0, 0.1) is 0 Å². The van der Waals surface area contributed by atoms with E-state index in [1.54, 1.807) is 0 Å². The van der Waals surface area contributed by atoms with Gasteiger partial charge in [-0.1, -0.05) is 57.8 Å². The second-order valence-corrected chi connectivity index (χ2v) is 6.03. The SMILES string of the molecule is ClCCCCOC1CCCCCCCCCCC1. The maximum atomic E-state index is 6.03. The summed E-state index contributed by atoms with van der Waals surface area (Å²) < 4.78 is 6.03. The van der Waals surface area contributed by atoms with Crippen molar-refractivity contribution in [1.29, 1.82) is 0 Å². The molecule has 0 radical (unpaired) electrons. The summed E-state index contributed by atoms with van der Waals surface area (Å²) in [4.78, 5) is 0. The van der Waals surface area contributed by atoms with E-state index in [1.807, 2.05) is 0 Å². The van der Waals surface area contributed by atoms with Crippen molar-refractivity contribution < 1.29 is 4.74 Å². The van der Waals surface area contributed by atoms with Crippen molar-refractivity contribution in [2.75, 3.05) is 12.5 Å². The van der Waals surface area contributed by atoms with Crippen LogP contribution in [0.15, 0.2) is 0 Å². The van der Waals surface area contributed by atoms with Crippen molar-refractivity contribution in [2.24, 2.45) is 0 Å². The van der Waals surface area contributed by atoms with E-state index < -0.39 is 0 Å². The van der Waals surface area contributed by atoms with Gasteiger partial charge in [-0.3, -0.25) is 0 Å². The molecule has 0 bridgehead atoms. The van der Waals surface area contributed by atoms with Gasteiger partial charge in [0.15, 0.2) is 0 Å². The molecule has 1 aliphatic rings. The second kappa shape index (κ2) is 12.3. The smallest absolute Gasteiger partial charge is 0.0575 e. The van der Waals surface area contributed by atoms with E-state index in [-0.39, 0.29) is 0 Å². The molecule has 1 rings (SSSR count). The van der Waals surface area contributed by atoms with Gasteiger partial charge in [0.25, 0.3) is 0 Å². The summed E-state index contributed by atoms with van der Waals surface area (Å²) in [7, 11) is 0. The summed E-state index contributed by atoms with van der Waals surface area (Å²) in [5, 5.41) is 0. The molecule has 0 spiro atoms. The lowest BCUT2D eigenvalue weighted by molar-refractivity contribution is 0.0363. The maximum Gasteiger partial charge on any atom is 0.0575 e. The Labute approximate surface area is 119 Å². The van der Waals surface area contributed by atoms with Gasteiger partial charge in [-0.05, 0) is 25.7 Å². The molecular weight excluding hydrogens is 244 g/mol. The van der Waals surface area contributed by atoms with Gasteiger partial charge in [0.05, 0.1) is 6.10 Å². The van der Waals surface area contributed by atoms with E-state index in [9.17, 15) is 0 Å². The summed E-state index contributed by atoms with van der Waals surface area (Å²) >= 11 is 5.69. The fourth-order valence-electron chi connectivity index (χ4n) is 2.74. The Kier molecular flexibility index (Phi) is 11.1. The van der Waals surface area contributed by atoms with Crippen LogP contribution in [0.5, 0.6) is 0 Å². The molecule has 0 amide bonds. The Hall–Kier alpha value is 0.250. The molecule has 0 aromatic carbocycles. The molecule has 0 unspecified atom stereocenters. The zero-order chi connectivity index (χ0) is 12.9. The first-order valence-electron chi connectivity index (χ1n) is 8.11. The summed E-state index contributed by atoms with van der Waals surface area (Å²) in [6.45, 7) is 0.914. The third kappa shape index (κ3) is 9.22. The molecule has 2 heteroatoms. The minimum absolute atomic E-state index is 0.528. The molecule has 0 aliphatic heterocycles. The molecule has 0 saturated heterocycles. The van der Waals surface area contributed by atoms with E-state index >= 15 is 0 Å². The van der Waals surface area contributed by atoms with Crippen LogP contribution in [-0.4, -0.2) is 18.6 Å². The molecule has 0 atom stereocenters. The van der Waals surface area contributed by atoms with Crippen LogP contribution >= 0.6 is 11.6 Å². The highest BCUT2D eigenvalue weighted by atomic mass is 35.5. The van der Waals surface area contributed by atoms with Crippen LogP contribution in [0.1, 0.15) is 83.5 Å². The molecule has 1 saturated carbocycles. The van der Waals surface area contributed by atoms with Gasteiger partial charge in [0.1, 0.15) is 0 Å². The van der Waals surface area contributed by atoms with Crippen molar-refractivity contribution >= 4 is 11.6 Å². The summed E-state index contributed by atoms with van der Waals surface area (Å²) in [6.07, 6.45) is 18.0. The number of alkyl halides is 1. The number of ether oxygens (including phenoxy) is 1. The molecule has 108 valence electrons. The lowest BCUT2D eigenvalue weighted by Gasteiger charge is -2.18. The van der Waals surface area contributed by atoms with Gasteiger partial charge in [0, 0.05) is 12.5 Å². The Morgan fingerprint density at radius 3 is 1.72 bits per heavy atom. The first-order valence-corrected chi connectivity index (χ1v) is 8.64. The predicted molar refractivity (Wildman–Crippen MR) is 80.5 cm³/mol. The van der Waals surface area contributed by atoms with Crippen LogP contribution < -0.4 is 0 Å². The molecule has 0 aromatic heterocycles. The number of halogens is 1. The maximum absolute atomic E-state index is 6.03. The van der Waals surface area contributed by atoms with Crippen molar-refractivity contribution in [3.8, 4) is 0 Å². The van der Waals surface area contributed by atoms with E-state index in [4.69, 9.17) is 16.3 Å². The molecule has 0 aromatic rings. The van der Waals surface area contributed by atoms with Crippen molar-refractivity contribution in [3.63, 3.8) is 0 Å². The van der Waals surface area contributed by atoms with Gasteiger partial charge >= 0.3 is 0 Å². The summed E-state index contributed by atoms with van der Waals surface area (Å²) in [6, 6.07) is 0. The number of rotatable bonds is 5. The predicted octanol–water partition coefficient (Wildman–Crippen LogP) is 5.70. The molecule has 0 heterocycles. The van der Waals surface area contributed by atoms with Crippen molar-refractivity contribution in [3.05, 3.63) is 0 Å².